The summed E-state index contributed by atoms with van der Waals surface area (Å²) in [6.45, 7) is 7.23. The number of hydrogen-bond donors (Lipinski definition) is 2. The summed E-state index contributed by atoms with van der Waals surface area (Å²) in [6, 6.07) is 4.15. The number of carboxylic acid groups (broad SMARTS) is 1. The molecule has 23 heavy (non-hydrogen) atoms. The molecular weight excluding hydrogens is 298 g/mol. The van der Waals surface area contributed by atoms with E-state index in [1.807, 2.05) is 19.9 Å². The molecule has 6 nitrogen and oxygen atoms in total. The monoisotopic (exact) mass is 321 g/mol. The number of esters is 1. The summed E-state index contributed by atoms with van der Waals surface area (Å²) in [5, 5.41) is 11.8. The smallest absolute Gasteiger partial charge is 0.326 e. The van der Waals surface area contributed by atoms with Gasteiger partial charge in [0.2, 0.25) is 0 Å². The van der Waals surface area contributed by atoms with E-state index in [0.717, 1.165) is 11.1 Å². The van der Waals surface area contributed by atoms with Crippen LogP contribution >= 0.6 is 0 Å². The van der Waals surface area contributed by atoms with E-state index < -0.39 is 29.8 Å². The highest BCUT2D eigenvalue weighted by Gasteiger charge is 2.29. The second-order valence-corrected chi connectivity index (χ2v) is 5.65. The van der Waals surface area contributed by atoms with Gasteiger partial charge in [0.25, 0.3) is 5.91 Å². The summed E-state index contributed by atoms with van der Waals surface area (Å²) in [6.07, 6.45) is -0.0715. The summed E-state index contributed by atoms with van der Waals surface area (Å²) in [7, 11) is 0. The van der Waals surface area contributed by atoms with Crippen molar-refractivity contribution in [2.45, 2.75) is 40.2 Å². The molecule has 1 amide bonds. The fourth-order valence-corrected chi connectivity index (χ4v) is 2.38. The third kappa shape index (κ3) is 5.73. The Morgan fingerprint density at radius 2 is 1.74 bits per heavy atom. The number of ether oxygens (including phenoxy) is 1. The van der Waals surface area contributed by atoms with Gasteiger partial charge in [-0.25, -0.2) is 4.79 Å². The van der Waals surface area contributed by atoms with Gasteiger partial charge in [0, 0.05) is 5.56 Å². The molecule has 0 aliphatic rings. The van der Waals surface area contributed by atoms with Crippen molar-refractivity contribution in [2.75, 3.05) is 6.61 Å². The lowest BCUT2D eigenvalue weighted by atomic mass is 9.97. The first kappa shape index (κ1) is 18.7. The lowest BCUT2D eigenvalue weighted by Gasteiger charge is -2.21. The predicted molar refractivity (Wildman–Crippen MR) is 85.2 cm³/mol. The van der Waals surface area contributed by atoms with Crippen molar-refractivity contribution in [3.8, 4) is 0 Å². The Morgan fingerprint density at radius 3 is 2.22 bits per heavy atom. The van der Waals surface area contributed by atoms with Crippen LogP contribution in [-0.2, 0) is 14.3 Å². The molecule has 0 saturated carbocycles. The lowest BCUT2D eigenvalue weighted by molar-refractivity contribution is -0.145. The topological polar surface area (TPSA) is 92.7 Å². The number of aryl methyl sites for hydroxylation is 2. The molecule has 2 N–H and O–H groups in total. The molecule has 0 saturated heterocycles. The second kappa shape index (κ2) is 8.31. The van der Waals surface area contributed by atoms with Crippen LogP contribution in [0.1, 0.15) is 41.8 Å². The van der Waals surface area contributed by atoms with E-state index in [9.17, 15) is 19.5 Å². The number of carbonyl (C=O) groups excluding carboxylic acids is 2. The quantitative estimate of drug-likeness (QED) is 0.750. The first-order chi connectivity index (χ1) is 10.7. The molecule has 0 unspecified atom stereocenters. The molecule has 0 radical (unpaired) electrons. The fourth-order valence-electron chi connectivity index (χ4n) is 2.38. The van der Waals surface area contributed by atoms with Gasteiger partial charge < -0.3 is 15.2 Å². The van der Waals surface area contributed by atoms with Crippen molar-refractivity contribution in [1.29, 1.82) is 0 Å². The molecule has 6 heteroatoms. The van der Waals surface area contributed by atoms with Gasteiger partial charge in [-0.2, -0.15) is 0 Å². The second-order valence-electron chi connectivity index (χ2n) is 5.65. The number of aliphatic carboxylic acids is 1. The fraction of sp³-hybridized carbons (Fsp3) is 0.471. The Balaban J connectivity index is 2.84. The van der Waals surface area contributed by atoms with Gasteiger partial charge in [-0.15, -0.1) is 0 Å². The number of carboxylic acids is 1. The minimum absolute atomic E-state index is 0.0715. The average Bonchev–Trinajstić information content (AvgIpc) is 2.42. The average molecular weight is 321 g/mol. The van der Waals surface area contributed by atoms with E-state index in [1.54, 1.807) is 26.0 Å². The molecule has 0 aromatic heterocycles. The Morgan fingerprint density at radius 1 is 1.17 bits per heavy atom. The molecule has 1 aromatic carbocycles. The van der Waals surface area contributed by atoms with Crippen molar-refractivity contribution in [3.05, 3.63) is 34.9 Å². The van der Waals surface area contributed by atoms with E-state index >= 15 is 0 Å². The van der Waals surface area contributed by atoms with Gasteiger partial charge in [-0.05, 0) is 38.8 Å². The molecule has 126 valence electrons. The van der Waals surface area contributed by atoms with Crippen molar-refractivity contribution >= 4 is 17.8 Å². The number of rotatable bonds is 7. The molecular formula is C17H23NO5. The van der Waals surface area contributed by atoms with Crippen LogP contribution in [0.15, 0.2) is 18.2 Å². The van der Waals surface area contributed by atoms with Crippen molar-refractivity contribution in [2.24, 2.45) is 5.92 Å². The van der Waals surface area contributed by atoms with Crippen LogP contribution in [0, 0.1) is 19.8 Å². The molecule has 0 aliphatic heterocycles. The van der Waals surface area contributed by atoms with Crippen LogP contribution in [0.3, 0.4) is 0 Å². The standard InChI is InChI=1S/C17H23NO5/c1-5-23-14(19)9-12(4)15(17(21)22)18-16(20)13-7-10(2)6-11(3)8-13/h6-8,12,15H,5,9H2,1-4H3,(H,18,20)(H,21,22)/t12-,15-/m1/s1. The maximum Gasteiger partial charge on any atom is 0.326 e. The Kier molecular flexibility index (Phi) is 6.75. The predicted octanol–water partition coefficient (Wildman–Crippen LogP) is 2.08. The lowest BCUT2D eigenvalue weighted by Crippen LogP contribution is -2.45. The summed E-state index contributed by atoms with van der Waals surface area (Å²) in [5.74, 6) is -2.72. The number of hydrogen-bond acceptors (Lipinski definition) is 4. The van der Waals surface area contributed by atoms with Gasteiger partial charge in [-0.3, -0.25) is 9.59 Å². The zero-order valence-corrected chi connectivity index (χ0v) is 13.9. The molecule has 1 rings (SSSR count). The maximum absolute atomic E-state index is 12.3. The highest BCUT2D eigenvalue weighted by Crippen LogP contribution is 2.13. The van der Waals surface area contributed by atoms with Crippen LogP contribution in [0.5, 0.6) is 0 Å². The molecule has 0 heterocycles. The summed E-state index contributed by atoms with van der Waals surface area (Å²) >= 11 is 0. The zero-order chi connectivity index (χ0) is 17.6. The van der Waals surface area contributed by atoms with E-state index in [0.29, 0.717) is 5.56 Å². The van der Waals surface area contributed by atoms with Crippen LogP contribution in [0.4, 0.5) is 0 Å². The van der Waals surface area contributed by atoms with Crippen LogP contribution in [0.25, 0.3) is 0 Å². The normalized spacial score (nSPS) is 13.0. The molecule has 0 aliphatic carbocycles. The first-order valence-electron chi connectivity index (χ1n) is 7.52. The molecule has 0 bridgehead atoms. The van der Waals surface area contributed by atoms with E-state index in [-0.39, 0.29) is 13.0 Å². The van der Waals surface area contributed by atoms with E-state index in [4.69, 9.17) is 4.74 Å². The van der Waals surface area contributed by atoms with Gasteiger partial charge in [0.1, 0.15) is 6.04 Å². The van der Waals surface area contributed by atoms with E-state index in [2.05, 4.69) is 5.32 Å². The summed E-state index contributed by atoms with van der Waals surface area (Å²) < 4.78 is 4.82. The Labute approximate surface area is 135 Å². The van der Waals surface area contributed by atoms with Gasteiger partial charge in [-0.1, -0.05) is 24.1 Å². The van der Waals surface area contributed by atoms with Crippen molar-refractivity contribution in [3.63, 3.8) is 0 Å². The van der Waals surface area contributed by atoms with Crippen LogP contribution in [-0.4, -0.2) is 35.6 Å². The van der Waals surface area contributed by atoms with Gasteiger partial charge in [0.15, 0.2) is 0 Å². The minimum Gasteiger partial charge on any atom is -0.480 e. The SMILES string of the molecule is CCOC(=O)C[C@@H](C)[C@@H](NC(=O)c1cc(C)cc(C)c1)C(=O)O. The summed E-state index contributed by atoms with van der Waals surface area (Å²) in [4.78, 5) is 35.2. The highest BCUT2D eigenvalue weighted by molar-refractivity contribution is 5.97. The Hall–Kier alpha value is -2.37. The zero-order valence-electron chi connectivity index (χ0n) is 13.9. The summed E-state index contributed by atoms with van der Waals surface area (Å²) in [5.41, 5.74) is 2.24. The van der Waals surface area contributed by atoms with Crippen LogP contribution < -0.4 is 5.32 Å². The third-order valence-electron chi connectivity index (χ3n) is 3.40. The van der Waals surface area contributed by atoms with Crippen molar-refractivity contribution < 1.29 is 24.2 Å². The number of carbonyl (C=O) groups is 3. The van der Waals surface area contributed by atoms with Gasteiger partial charge >= 0.3 is 11.9 Å². The van der Waals surface area contributed by atoms with Crippen molar-refractivity contribution in [1.82, 2.24) is 5.32 Å². The largest absolute Gasteiger partial charge is 0.480 e. The van der Waals surface area contributed by atoms with Gasteiger partial charge in [0.05, 0.1) is 13.0 Å². The molecule has 0 fully saturated rings. The Bertz CT molecular complexity index is 576. The highest BCUT2D eigenvalue weighted by atomic mass is 16.5. The molecule has 0 spiro atoms. The third-order valence-corrected chi connectivity index (χ3v) is 3.40. The maximum atomic E-state index is 12.3. The number of amides is 1. The van der Waals surface area contributed by atoms with Crippen LogP contribution in [0.2, 0.25) is 0 Å². The number of benzene rings is 1. The minimum atomic E-state index is -1.18. The first-order valence-corrected chi connectivity index (χ1v) is 7.52. The molecule has 1 aromatic rings. The van der Waals surface area contributed by atoms with E-state index in [1.165, 1.54) is 0 Å². The molecule has 2 atom stereocenters. The number of nitrogens with one attached hydrogen (secondary N) is 1.